The van der Waals surface area contributed by atoms with Crippen molar-refractivity contribution < 1.29 is 18.7 Å². The molecule has 8 heteroatoms. The van der Waals surface area contributed by atoms with Crippen LogP contribution in [-0.4, -0.2) is 28.5 Å². The number of hydrogen-bond donors (Lipinski definition) is 2. The number of hydrogen-bond acceptors (Lipinski definition) is 7. The van der Waals surface area contributed by atoms with E-state index in [2.05, 4.69) is 20.6 Å². The first-order valence-corrected chi connectivity index (χ1v) is 8.75. The molecule has 0 spiro atoms. The average molecular weight is 380 g/mol. The lowest BCUT2D eigenvalue weighted by Gasteiger charge is -2.09. The molecule has 2 N–H and O–H groups in total. The van der Waals surface area contributed by atoms with Crippen LogP contribution in [0, 0.1) is 6.92 Å². The number of anilines is 2. The maximum Gasteiger partial charge on any atom is 0.338 e. The lowest BCUT2D eigenvalue weighted by atomic mass is 10.2. The molecule has 0 bridgehead atoms. The Morgan fingerprint density at radius 3 is 2.61 bits per heavy atom. The predicted octanol–water partition coefficient (Wildman–Crippen LogP) is 3.23. The number of carbonyl (C=O) groups excluding carboxylic acids is 2. The van der Waals surface area contributed by atoms with Crippen molar-refractivity contribution >= 4 is 23.4 Å². The minimum atomic E-state index is -0.373. The van der Waals surface area contributed by atoms with Crippen LogP contribution in [0.4, 0.5) is 11.5 Å². The van der Waals surface area contributed by atoms with Crippen LogP contribution in [0.15, 0.2) is 53.1 Å². The van der Waals surface area contributed by atoms with E-state index in [-0.39, 0.29) is 24.1 Å². The summed E-state index contributed by atoms with van der Waals surface area (Å²) in [5.74, 6) is 0.875. The molecule has 8 nitrogen and oxygen atoms in total. The van der Waals surface area contributed by atoms with Gasteiger partial charge in [0.15, 0.2) is 0 Å². The third kappa shape index (κ3) is 4.94. The number of furan rings is 1. The van der Waals surface area contributed by atoms with E-state index in [9.17, 15) is 9.59 Å². The van der Waals surface area contributed by atoms with E-state index < -0.39 is 0 Å². The van der Waals surface area contributed by atoms with Gasteiger partial charge in [0, 0.05) is 11.8 Å². The van der Waals surface area contributed by atoms with E-state index >= 15 is 0 Å². The molecule has 2 aromatic heterocycles. The van der Waals surface area contributed by atoms with Crippen LogP contribution in [0.3, 0.4) is 0 Å². The van der Waals surface area contributed by atoms with Gasteiger partial charge in [-0.25, -0.2) is 14.8 Å². The molecule has 1 aromatic carbocycles. The summed E-state index contributed by atoms with van der Waals surface area (Å²) in [5.41, 5.74) is 1.42. The van der Waals surface area contributed by atoms with Crippen molar-refractivity contribution in [1.29, 1.82) is 0 Å². The molecule has 0 saturated heterocycles. The van der Waals surface area contributed by atoms with E-state index in [1.807, 2.05) is 0 Å². The summed E-state index contributed by atoms with van der Waals surface area (Å²) in [5, 5.41) is 5.86. The Morgan fingerprint density at radius 2 is 1.93 bits per heavy atom. The summed E-state index contributed by atoms with van der Waals surface area (Å²) < 4.78 is 10.2. The Morgan fingerprint density at radius 1 is 1.14 bits per heavy atom. The Labute approximate surface area is 162 Å². The minimum Gasteiger partial charge on any atom is -0.467 e. The normalized spacial score (nSPS) is 10.4. The monoisotopic (exact) mass is 380 g/mol. The molecular formula is C20H20N4O4. The van der Waals surface area contributed by atoms with E-state index in [4.69, 9.17) is 9.15 Å². The molecule has 144 valence electrons. The van der Waals surface area contributed by atoms with E-state index in [1.54, 1.807) is 62.6 Å². The molecule has 0 aliphatic rings. The Hall–Kier alpha value is -3.68. The fraction of sp³-hybridized carbons (Fsp3) is 0.200. The number of amides is 1. The van der Waals surface area contributed by atoms with Gasteiger partial charge in [-0.3, -0.25) is 4.79 Å². The average Bonchev–Trinajstić information content (AvgIpc) is 3.20. The molecule has 0 unspecified atom stereocenters. The fourth-order valence-electron chi connectivity index (χ4n) is 2.47. The summed E-state index contributed by atoms with van der Waals surface area (Å²) in [7, 11) is 0. The van der Waals surface area contributed by atoms with Gasteiger partial charge in [0.2, 0.25) is 0 Å². The van der Waals surface area contributed by atoms with Crippen molar-refractivity contribution in [2.24, 2.45) is 0 Å². The second-order valence-corrected chi connectivity index (χ2v) is 5.87. The zero-order chi connectivity index (χ0) is 19.9. The molecule has 2 heterocycles. The molecular weight excluding hydrogens is 360 g/mol. The van der Waals surface area contributed by atoms with E-state index in [0.29, 0.717) is 35.3 Å². The number of rotatable bonds is 7. The van der Waals surface area contributed by atoms with Crippen LogP contribution >= 0.6 is 0 Å². The summed E-state index contributed by atoms with van der Waals surface area (Å²) in [6.45, 7) is 4.06. The summed E-state index contributed by atoms with van der Waals surface area (Å²) >= 11 is 0. The summed E-state index contributed by atoms with van der Waals surface area (Å²) in [6, 6.07) is 11.9. The van der Waals surface area contributed by atoms with Crippen LogP contribution in [0.5, 0.6) is 0 Å². The van der Waals surface area contributed by atoms with Crippen molar-refractivity contribution in [3.8, 4) is 0 Å². The highest BCUT2D eigenvalue weighted by atomic mass is 16.5. The number of aromatic nitrogens is 2. The first-order valence-electron chi connectivity index (χ1n) is 8.75. The second kappa shape index (κ2) is 8.81. The van der Waals surface area contributed by atoms with Crippen molar-refractivity contribution in [1.82, 2.24) is 15.3 Å². The van der Waals surface area contributed by atoms with Crippen LogP contribution in [0.1, 0.15) is 39.4 Å². The van der Waals surface area contributed by atoms with Gasteiger partial charge in [-0.15, -0.1) is 0 Å². The molecule has 0 aliphatic heterocycles. The number of nitrogens with one attached hydrogen (secondary N) is 2. The van der Waals surface area contributed by atoms with Gasteiger partial charge in [-0.1, -0.05) is 0 Å². The third-order valence-corrected chi connectivity index (χ3v) is 3.74. The molecule has 0 atom stereocenters. The first-order chi connectivity index (χ1) is 13.5. The standard InChI is InChI=1S/C20H20N4O4/c1-3-27-20(26)14-6-8-15(9-7-14)24-18-11-17(22-13(2)23-18)19(25)21-12-16-5-4-10-28-16/h4-11H,3,12H2,1-2H3,(H,21,25)(H,22,23,24). The topological polar surface area (TPSA) is 106 Å². The quantitative estimate of drug-likeness (QED) is 0.606. The summed E-state index contributed by atoms with van der Waals surface area (Å²) in [4.78, 5) is 32.5. The molecule has 28 heavy (non-hydrogen) atoms. The number of esters is 1. The Kier molecular flexibility index (Phi) is 6.01. The molecule has 1 amide bonds. The van der Waals surface area contributed by atoms with Crippen molar-refractivity contribution in [2.75, 3.05) is 11.9 Å². The third-order valence-electron chi connectivity index (χ3n) is 3.74. The van der Waals surface area contributed by atoms with E-state index in [0.717, 1.165) is 0 Å². The minimum absolute atomic E-state index is 0.240. The first kappa shape index (κ1) is 19.1. The molecule has 0 radical (unpaired) electrons. The zero-order valence-corrected chi connectivity index (χ0v) is 15.6. The van der Waals surface area contributed by atoms with Gasteiger partial charge in [0.05, 0.1) is 25.0 Å². The van der Waals surface area contributed by atoms with Crippen molar-refractivity contribution in [3.63, 3.8) is 0 Å². The number of ether oxygens (including phenoxy) is 1. The molecule has 0 saturated carbocycles. The van der Waals surface area contributed by atoms with Gasteiger partial charge in [-0.2, -0.15) is 0 Å². The fourth-order valence-corrected chi connectivity index (χ4v) is 2.47. The number of benzene rings is 1. The maximum absolute atomic E-state index is 12.4. The van der Waals surface area contributed by atoms with Gasteiger partial charge < -0.3 is 19.8 Å². The van der Waals surface area contributed by atoms with Crippen molar-refractivity contribution in [2.45, 2.75) is 20.4 Å². The summed E-state index contributed by atoms with van der Waals surface area (Å²) in [6.07, 6.45) is 1.55. The highest BCUT2D eigenvalue weighted by Crippen LogP contribution is 2.17. The van der Waals surface area contributed by atoms with Gasteiger partial charge in [-0.05, 0) is 50.2 Å². The molecule has 0 fully saturated rings. The van der Waals surface area contributed by atoms with Gasteiger partial charge >= 0.3 is 5.97 Å². The van der Waals surface area contributed by atoms with E-state index in [1.165, 1.54) is 0 Å². The van der Waals surface area contributed by atoms with Crippen molar-refractivity contribution in [3.05, 3.63) is 71.6 Å². The van der Waals surface area contributed by atoms with Crippen LogP contribution in [-0.2, 0) is 11.3 Å². The predicted molar refractivity (Wildman–Crippen MR) is 102 cm³/mol. The Bertz CT molecular complexity index is 953. The Balaban J connectivity index is 1.69. The highest BCUT2D eigenvalue weighted by molar-refractivity contribution is 5.93. The van der Waals surface area contributed by atoms with Gasteiger partial charge in [0.1, 0.15) is 23.1 Å². The number of carbonyl (C=O) groups is 2. The molecule has 3 rings (SSSR count). The van der Waals surface area contributed by atoms with Crippen LogP contribution in [0.25, 0.3) is 0 Å². The SMILES string of the molecule is CCOC(=O)c1ccc(Nc2cc(C(=O)NCc3ccco3)nc(C)n2)cc1. The smallest absolute Gasteiger partial charge is 0.338 e. The zero-order valence-electron chi connectivity index (χ0n) is 15.6. The molecule has 3 aromatic rings. The lowest BCUT2D eigenvalue weighted by molar-refractivity contribution is 0.0526. The number of nitrogens with zero attached hydrogens (tertiary/aromatic N) is 2. The van der Waals surface area contributed by atoms with Crippen LogP contribution < -0.4 is 10.6 Å². The van der Waals surface area contributed by atoms with Crippen LogP contribution in [0.2, 0.25) is 0 Å². The number of aryl methyl sites for hydroxylation is 1. The lowest BCUT2D eigenvalue weighted by Crippen LogP contribution is -2.24. The molecule has 0 aliphatic carbocycles. The highest BCUT2D eigenvalue weighted by Gasteiger charge is 2.12. The maximum atomic E-state index is 12.4. The second-order valence-electron chi connectivity index (χ2n) is 5.87. The largest absolute Gasteiger partial charge is 0.467 e. The van der Waals surface area contributed by atoms with Gasteiger partial charge in [0.25, 0.3) is 5.91 Å².